The average Bonchev–Trinajstić information content (AvgIpc) is 3.29. The van der Waals surface area contributed by atoms with Crippen LogP contribution in [0.1, 0.15) is 29.5 Å². The summed E-state index contributed by atoms with van der Waals surface area (Å²) in [6, 6.07) is 16.3. The molecule has 2 nitrogen and oxygen atoms in total. The summed E-state index contributed by atoms with van der Waals surface area (Å²) >= 11 is 0. The van der Waals surface area contributed by atoms with Crippen LogP contribution >= 0.6 is 0 Å². The van der Waals surface area contributed by atoms with E-state index >= 15 is 0 Å². The molecule has 3 rings (SSSR count). The molecule has 0 aromatic heterocycles. The van der Waals surface area contributed by atoms with Gasteiger partial charge >= 0.3 is 0 Å². The Balaban J connectivity index is 1.72. The molecule has 21 heavy (non-hydrogen) atoms. The zero-order valence-electron chi connectivity index (χ0n) is 13.2. The number of nitrogens with one attached hydrogen (secondary N) is 1. The molecule has 0 spiro atoms. The van der Waals surface area contributed by atoms with Crippen molar-refractivity contribution in [2.24, 2.45) is 0 Å². The highest BCUT2D eigenvalue weighted by Gasteiger charge is 2.19. The van der Waals surface area contributed by atoms with Gasteiger partial charge in [0.15, 0.2) is 0 Å². The quantitative estimate of drug-likeness (QED) is 0.877. The minimum Gasteiger partial charge on any atom is -0.344 e. The van der Waals surface area contributed by atoms with E-state index in [0.717, 1.165) is 12.6 Å². The first-order chi connectivity index (χ1) is 10.1. The van der Waals surface area contributed by atoms with E-state index in [2.05, 4.69) is 73.6 Å². The van der Waals surface area contributed by atoms with Crippen molar-refractivity contribution in [3.05, 3.63) is 59.2 Å². The number of aryl methyl sites for hydroxylation is 2. The van der Waals surface area contributed by atoms with Crippen LogP contribution < -0.4 is 10.2 Å². The van der Waals surface area contributed by atoms with Gasteiger partial charge in [-0.3, -0.25) is 0 Å². The molecule has 2 heteroatoms. The average molecular weight is 280 g/mol. The molecule has 0 heterocycles. The molecule has 0 amide bonds. The monoisotopic (exact) mass is 280 g/mol. The zero-order valence-corrected chi connectivity index (χ0v) is 13.2. The fourth-order valence-electron chi connectivity index (χ4n) is 2.71. The molecular formula is C19H24N2. The summed E-state index contributed by atoms with van der Waals surface area (Å²) in [6.45, 7) is 5.30. The van der Waals surface area contributed by atoms with E-state index in [9.17, 15) is 0 Å². The largest absolute Gasteiger partial charge is 0.344 e. The third-order valence-electron chi connectivity index (χ3n) is 4.21. The lowest BCUT2D eigenvalue weighted by atomic mass is 10.1. The number of rotatable bonds is 5. The van der Waals surface area contributed by atoms with E-state index in [0.29, 0.717) is 0 Å². The molecule has 2 aromatic carbocycles. The summed E-state index contributed by atoms with van der Waals surface area (Å²) in [7, 11) is 2.13. The van der Waals surface area contributed by atoms with Crippen molar-refractivity contribution in [2.45, 2.75) is 39.3 Å². The summed E-state index contributed by atoms with van der Waals surface area (Å²) < 4.78 is 0. The standard InChI is InChI=1S/C19H24N2/c1-14-4-11-19(15(2)12-14)21(3)18-9-5-16(6-10-18)13-20-17-7-8-17/h4-6,9-12,17,20H,7-8,13H2,1-3H3. The van der Waals surface area contributed by atoms with E-state index in [4.69, 9.17) is 0 Å². The molecule has 0 atom stereocenters. The lowest BCUT2D eigenvalue weighted by molar-refractivity contribution is 0.688. The minimum atomic E-state index is 0.766. The molecule has 1 N–H and O–H groups in total. The normalized spacial score (nSPS) is 14.2. The van der Waals surface area contributed by atoms with Crippen LogP contribution in [-0.2, 0) is 6.54 Å². The Hall–Kier alpha value is -1.80. The van der Waals surface area contributed by atoms with Gasteiger partial charge in [0, 0.05) is 31.0 Å². The van der Waals surface area contributed by atoms with Crippen LogP contribution in [-0.4, -0.2) is 13.1 Å². The second kappa shape index (κ2) is 5.90. The Kier molecular flexibility index (Phi) is 3.98. The SMILES string of the molecule is Cc1ccc(N(C)c2ccc(CNC3CC3)cc2)c(C)c1. The van der Waals surface area contributed by atoms with E-state index < -0.39 is 0 Å². The van der Waals surface area contributed by atoms with Gasteiger partial charge in [-0.25, -0.2) is 0 Å². The molecule has 0 bridgehead atoms. The predicted octanol–water partition coefficient (Wildman–Crippen LogP) is 4.32. The third-order valence-corrected chi connectivity index (χ3v) is 4.21. The summed E-state index contributed by atoms with van der Waals surface area (Å²) in [5.41, 5.74) is 6.49. The van der Waals surface area contributed by atoms with Gasteiger partial charge < -0.3 is 10.2 Å². The van der Waals surface area contributed by atoms with Gasteiger partial charge in [-0.2, -0.15) is 0 Å². The number of hydrogen-bond acceptors (Lipinski definition) is 2. The lowest BCUT2D eigenvalue weighted by Gasteiger charge is -2.22. The lowest BCUT2D eigenvalue weighted by Crippen LogP contribution is -2.15. The van der Waals surface area contributed by atoms with Crippen molar-refractivity contribution in [3.8, 4) is 0 Å². The third kappa shape index (κ3) is 3.45. The van der Waals surface area contributed by atoms with Crippen LogP contribution in [0, 0.1) is 13.8 Å². The van der Waals surface area contributed by atoms with Crippen molar-refractivity contribution < 1.29 is 0 Å². The van der Waals surface area contributed by atoms with Crippen LogP contribution in [0.4, 0.5) is 11.4 Å². The summed E-state index contributed by atoms with van der Waals surface area (Å²) in [5.74, 6) is 0. The van der Waals surface area contributed by atoms with Gasteiger partial charge in [0.1, 0.15) is 0 Å². The van der Waals surface area contributed by atoms with E-state index in [1.165, 1.54) is 40.9 Å². The molecular weight excluding hydrogens is 256 g/mol. The fourth-order valence-corrected chi connectivity index (χ4v) is 2.71. The van der Waals surface area contributed by atoms with E-state index in [1.54, 1.807) is 0 Å². The summed E-state index contributed by atoms with van der Waals surface area (Å²) in [4.78, 5) is 2.26. The Morgan fingerprint density at radius 1 is 1.05 bits per heavy atom. The summed E-state index contributed by atoms with van der Waals surface area (Å²) in [5, 5.41) is 3.55. The predicted molar refractivity (Wildman–Crippen MR) is 90.3 cm³/mol. The highest BCUT2D eigenvalue weighted by Crippen LogP contribution is 2.27. The first-order valence-electron chi connectivity index (χ1n) is 7.77. The Morgan fingerprint density at radius 3 is 2.38 bits per heavy atom. The van der Waals surface area contributed by atoms with Crippen molar-refractivity contribution in [3.63, 3.8) is 0 Å². The highest BCUT2D eigenvalue weighted by molar-refractivity contribution is 5.66. The van der Waals surface area contributed by atoms with Gasteiger partial charge in [0.25, 0.3) is 0 Å². The second-order valence-corrected chi connectivity index (χ2v) is 6.17. The molecule has 0 unspecified atom stereocenters. The van der Waals surface area contributed by atoms with Gasteiger partial charge in [-0.05, 0) is 56.0 Å². The van der Waals surface area contributed by atoms with E-state index in [-0.39, 0.29) is 0 Å². The Morgan fingerprint density at radius 2 is 1.76 bits per heavy atom. The number of benzene rings is 2. The Labute approximate surface area is 127 Å². The topological polar surface area (TPSA) is 15.3 Å². The maximum atomic E-state index is 3.55. The highest BCUT2D eigenvalue weighted by atomic mass is 15.1. The first-order valence-corrected chi connectivity index (χ1v) is 7.77. The molecule has 0 aliphatic heterocycles. The fraction of sp³-hybridized carbons (Fsp3) is 0.368. The van der Waals surface area contributed by atoms with E-state index in [1.807, 2.05) is 0 Å². The van der Waals surface area contributed by atoms with Gasteiger partial charge in [-0.1, -0.05) is 29.8 Å². The Bertz CT molecular complexity index is 612. The van der Waals surface area contributed by atoms with Gasteiger partial charge in [-0.15, -0.1) is 0 Å². The van der Waals surface area contributed by atoms with Gasteiger partial charge in [0.05, 0.1) is 0 Å². The van der Waals surface area contributed by atoms with Crippen LogP contribution in [0.2, 0.25) is 0 Å². The van der Waals surface area contributed by atoms with Crippen LogP contribution in [0.15, 0.2) is 42.5 Å². The van der Waals surface area contributed by atoms with Crippen LogP contribution in [0.5, 0.6) is 0 Å². The molecule has 0 radical (unpaired) electrons. The molecule has 1 saturated carbocycles. The van der Waals surface area contributed by atoms with Crippen molar-refractivity contribution in [2.75, 3.05) is 11.9 Å². The van der Waals surface area contributed by atoms with Crippen molar-refractivity contribution in [1.29, 1.82) is 0 Å². The molecule has 0 saturated heterocycles. The molecule has 1 aliphatic rings. The first kappa shape index (κ1) is 14.2. The minimum absolute atomic E-state index is 0.766. The van der Waals surface area contributed by atoms with Crippen LogP contribution in [0.25, 0.3) is 0 Å². The zero-order chi connectivity index (χ0) is 14.8. The maximum absolute atomic E-state index is 3.55. The smallest absolute Gasteiger partial charge is 0.0437 e. The second-order valence-electron chi connectivity index (χ2n) is 6.17. The van der Waals surface area contributed by atoms with Crippen LogP contribution in [0.3, 0.4) is 0 Å². The van der Waals surface area contributed by atoms with Crippen molar-refractivity contribution >= 4 is 11.4 Å². The summed E-state index contributed by atoms with van der Waals surface area (Å²) in [6.07, 6.45) is 2.68. The van der Waals surface area contributed by atoms with Crippen molar-refractivity contribution in [1.82, 2.24) is 5.32 Å². The molecule has 1 aliphatic carbocycles. The molecule has 1 fully saturated rings. The van der Waals surface area contributed by atoms with Gasteiger partial charge in [0.2, 0.25) is 0 Å². The molecule has 110 valence electrons. The maximum Gasteiger partial charge on any atom is 0.0437 e. The number of anilines is 2. The number of nitrogens with zero attached hydrogens (tertiary/aromatic N) is 1. The molecule has 2 aromatic rings. The number of hydrogen-bond donors (Lipinski definition) is 1.